The first-order valence-electron chi connectivity index (χ1n) is 8.91. The minimum atomic E-state index is -0.343. The molecule has 3 aromatic carbocycles. The van der Waals surface area contributed by atoms with E-state index in [0.717, 1.165) is 22.4 Å². The number of carbonyl (C=O) groups is 1. The molecule has 0 aromatic heterocycles. The second kappa shape index (κ2) is 9.24. The van der Waals surface area contributed by atoms with Crippen LogP contribution in [0.5, 0.6) is 5.75 Å². The van der Waals surface area contributed by atoms with Gasteiger partial charge in [0.05, 0.1) is 12.5 Å². The second-order valence-electron chi connectivity index (χ2n) is 6.30. The lowest BCUT2D eigenvalue weighted by molar-refractivity contribution is -0.121. The molecule has 1 N–H and O–H groups in total. The fourth-order valence-electron chi connectivity index (χ4n) is 3.00. The number of benzene rings is 3. The van der Waals surface area contributed by atoms with E-state index in [1.165, 1.54) is 0 Å². The molecular weight excluding hydrogens is 358 g/mol. The van der Waals surface area contributed by atoms with Crippen molar-refractivity contribution in [2.75, 3.05) is 13.2 Å². The minimum Gasteiger partial charge on any atom is -0.491 e. The van der Waals surface area contributed by atoms with Gasteiger partial charge in [-0.2, -0.15) is 0 Å². The van der Waals surface area contributed by atoms with Crippen LogP contribution < -0.4 is 10.1 Å². The third kappa shape index (κ3) is 5.11. The van der Waals surface area contributed by atoms with Crippen molar-refractivity contribution in [2.24, 2.45) is 0 Å². The highest BCUT2D eigenvalue weighted by atomic mass is 35.5. The molecule has 3 rings (SSSR count). The lowest BCUT2D eigenvalue weighted by Crippen LogP contribution is -2.33. The topological polar surface area (TPSA) is 38.3 Å². The van der Waals surface area contributed by atoms with Crippen LogP contribution in [-0.4, -0.2) is 19.1 Å². The van der Waals surface area contributed by atoms with Gasteiger partial charge in [-0.25, -0.2) is 0 Å². The molecule has 0 aliphatic heterocycles. The normalized spacial score (nSPS) is 10.6. The smallest absolute Gasteiger partial charge is 0.232 e. The quantitative estimate of drug-likeness (QED) is 0.588. The third-order valence-corrected chi connectivity index (χ3v) is 4.56. The number of rotatable bonds is 7. The van der Waals surface area contributed by atoms with Gasteiger partial charge in [0.2, 0.25) is 5.91 Å². The molecule has 138 valence electrons. The number of hydrogen-bond donors (Lipinski definition) is 1. The van der Waals surface area contributed by atoms with Gasteiger partial charge in [-0.15, -0.1) is 0 Å². The van der Waals surface area contributed by atoms with Crippen molar-refractivity contribution in [2.45, 2.75) is 12.8 Å². The van der Waals surface area contributed by atoms with Gasteiger partial charge in [0, 0.05) is 5.02 Å². The summed E-state index contributed by atoms with van der Waals surface area (Å²) in [5.41, 5.74) is 2.91. The summed E-state index contributed by atoms with van der Waals surface area (Å²) in [6.45, 7) is 2.77. The molecule has 0 fully saturated rings. The summed E-state index contributed by atoms with van der Waals surface area (Å²) in [7, 11) is 0. The van der Waals surface area contributed by atoms with E-state index in [9.17, 15) is 4.79 Å². The maximum Gasteiger partial charge on any atom is 0.232 e. The van der Waals surface area contributed by atoms with Crippen LogP contribution in [0, 0.1) is 6.92 Å². The molecule has 0 radical (unpaired) electrons. The molecule has 0 heterocycles. The van der Waals surface area contributed by atoms with Crippen LogP contribution in [0.1, 0.15) is 22.6 Å². The van der Waals surface area contributed by atoms with Crippen molar-refractivity contribution >= 4 is 17.5 Å². The lowest BCUT2D eigenvalue weighted by atomic mass is 9.90. The predicted octanol–water partition coefficient (Wildman–Crippen LogP) is 4.98. The van der Waals surface area contributed by atoms with Gasteiger partial charge in [0.25, 0.3) is 0 Å². The maximum absolute atomic E-state index is 12.9. The van der Waals surface area contributed by atoms with E-state index in [2.05, 4.69) is 5.32 Å². The van der Waals surface area contributed by atoms with E-state index in [4.69, 9.17) is 16.3 Å². The molecular formula is C23H22ClNO2. The van der Waals surface area contributed by atoms with Crippen molar-refractivity contribution in [3.8, 4) is 5.75 Å². The van der Waals surface area contributed by atoms with Crippen molar-refractivity contribution in [3.63, 3.8) is 0 Å². The highest BCUT2D eigenvalue weighted by Gasteiger charge is 2.22. The van der Waals surface area contributed by atoms with Crippen LogP contribution in [0.4, 0.5) is 0 Å². The Bertz CT molecular complexity index is 842. The molecule has 0 bridgehead atoms. The summed E-state index contributed by atoms with van der Waals surface area (Å²) in [5.74, 6) is 0.393. The molecule has 0 aliphatic rings. The highest BCUT2D eigenvalue weighted by Crippen LogP contribution is 2.25. The maximum atomic E-state index is 12.9. The van der Waals surface area contributed by atoms with E-state index in [1.807, 2.05) is 79.7 Å². The SMILES string of the molecule is Cc1cc(Cl)ccc1OCCNC(=O)C(c1ccccc1)c1ccccc1. The van der Waals surface area contributed by atoms with Crippen molar-refractivity contribution < 1.29 is 9.53 Å². The molecule has 0 unspecified atom stereocenters. The van der Waals surface area contributed by atoms with E-state index in [0.29, 0.717) is 18.2 Å². The number of halogens is 1. The van der Waals surface area contributed by atoms with E-state index in [-0.39, 0.29) is 11.8 Å². The molecule has 0 saturated carbocycles. The van der Waals surface area contributed by atoms with Crippen molar-refractivity contribution in [1.82, 2.24) is 5.32 Å². The summed E-state index contributed by atoms with van der Waals surface area (Å²) < 4.78 is 5.76. The second-order valence-corrected chi connectivity index (χ2v) is 6.74. The third-order valence-electron chi connectivity index (χ3n) is 4.32. The van der Waals surface area contributed by atoms with Gasteiger partial charge >= 0.3 is 0 Å². The number of hydrogen-bond acceptors (Lipinski definition) is 2. The summed E-state index contributed by atoms with van der Waals surface area (Å²) >= 11 is 5.96. The largest absolute Gasteiger partial charge is 0.491 e. The molecule has 3 aromatic rings. The number of aryl methyl sites for hydroxylation is 1. The zero-order valence-electron chi connectivity index (χ0n) is 15.2. The minimum absolute atomic E-state index is 0.0381. The van der Waals surface area contributed by atoms with Crippen molar-refractivity contribution in [1.29, 1.82) is 0 Å². The van der Waals surface area contributed by atoms with Gasteiger partial charge in [0.1, 0.15) is 12.4 Å². The lowest BCUT2D eigenvalue weighted by Gasteiger charge is -2.18. The highest BCUT2D eigenvalue weighted by molar-refractivity contribution is 6.30. The summed E-state index contributed by atoms with van der Waals surface area (Å²) in [6.07, 6.45) is 0. The van der Waals surface area contributed by atoms with Crippen LogP contribution >= 0.6 is 11.6 Å². The standard InChI is InChI=1S/C23H22ClNO2/c1-17-16-20(24)12-13-21(17)27-15-14-25-23(26)22(18-8-4-2-5-9-18)19-10-6-3-7-11-19/h2-13,16,22H,14-15H2,1H3,(H,25,26). The summed E-state index contributed by atoms with van der Waals surface area (Å²) in [6, 6.07) is 25.1. The van der Waals surface area contributed by atoms with Gasteiger partial charge in [-0.05, 0) is 41.8 Å². The average molecular weight is 380 g/mol. The van der Waals surface area contributed by atoms with E-state index in [1.54, 1.807) is 6.07 Å². The molecule has 0 saturated heterocycles. The zero-order chi connectivity index (χ0) is 19.1. The Morgan fingerprint density at radius 3 is 2.11 bits per heavy atom. The van der Waals surface area contributed by atoms with E-state index >= 15 is 0 Å². The zero-order valence-corrected chi connectivity index (χ0v) is 15.9. The Kier molecular flexibility index (Phi) is 6.50. The Morgan fingerprint density at radius 1 is 0.963 bits per heavy atom. The molecule has 0 aliphatic carbocycles. The molecule has 4 heteroatoms. The van der Waals surface area contributed by atoms with Gasteiger partial charge in [-0.1, -0.05) is 72.3 Å². The summed E-state index contributed by atoms with van der Waals surface area (Å²) in [5, 5.41) is 3.67. The molecule has 0 spiro atoms. The first-order chi connectivity index (χ1) is 13.1. The van der Waals surface area contributed by atoms with Gasteiger partial charge < -0.3 is 10.1 Å². The Balaban J connectivity index is 1.63. The van der Waals surface area contributed by atoms with Crippen molar-refractivity contribution in [3.05, 3.63) is 101 Å². The van der Waals surface area contributed by atoms with Crippen LogP contribution in [0.25, 0.3) is 0 Å². The number of amides is 1. The van der Waals surface area contributed by atoms with Crippen LogP contribution in [0.2, 0.25) is 5.02 Å². The van der Waals surface area contributed by atoms with Gasteiger partial charge in [0.15, 0.2) is 0 Å². The number of ether oxygens (including phenoxy) is 1. The molecule has 27 heavy (non-hydrogen) atoms. The first kappa shape index (κ1) is 19.0. The molecule has 0 atom stereocenters. The van der Waals surface area contributed by atoms with Crippen LogP contribution in [0.15, 0.2) is 78.9 Å². The Morgan fingerprint density at radius 2 is 1.56 bits per heavy atom. The fraction of sp³-hybridized carbons (Fsp3) is 0.174. The van der Waals surface area contributed by atoms with Crippen LogP contribution in [-0.2, 0) is 4.79 Å². The average Bonchev–Trinajstić information content (AvgIpc) is 2.68. The van der Waals surface area contributed by atoms with Crippen LogP contribution in [0.3, 0.4) is 0 Å². The monoisotopic (exact) mass is 379 g/mol. The molecule has 1 amide bonds. The predicted molar refractivity (Wildman–Crippen MR) is 109 cm³/mol. The van der Waals surface area contributed by atoms with Gasteiger partial charge in [-0.3, -0.25) is 4.79 Å². The Labute approximate surface area is 164 Å². The first-order valence-corrected chi connectivity index (χ1v) is 9.29. The van der Waals surface area contributed by atoms with E-state index < -0.39 is 0 Å². The number of nitrogens with one attached hydrogen (secondary N) is 1. The molecule has 3 nitrogen and oxygen atoms in total. The number of carbonyl (C=O) groups excluding carboxylic acids is 1. The summed E-state index contributed by atoms with van der Waals surface area (Å²) in [4.78, 5) is 12.9. The Hall–Kier alpha value is -2.78. The fourth-order valence-corrected chi connectivity index (χ4v) is 3.22.